The number of aryl methyl sites for hydroxylation is 2. The van der Waals surface area contributed by atoms with Crippen LogP contribution in [0.2, 0.25) is 0 Å². The molecule has 3 heteroatoms. The number of hydrogen-bond acceptors (Lipinski definition) is 3. The number of thiophene rings is 1. The van der Waals surface area contributed by atoms with Gasteiger partial charge in [-0.3, -0.25) is 9.69 Å². The van der Waals surface area contributed by atoms with Crippen LogP contribution in [0.25, 0.3) is 0 Å². The summed E-state index contributed by atoms with van der Waals surface area (Å²) in [5.74, 6) is 0.192. The van der Waals surface area contributed by atoms with E-state index in [2.05, 4.69) is 29.3 Å². The molecule has 0 bridgehead atoms. The number of likely N-dealkylation sites (N-methyl/N-ethyl adjacent to an activating group) is 1. The summed E-state index contributed by atoms with van der Waals surface area (Å²) in [5, 5.41) is 2.08. The molecule has 0 amide bonds. The molecular formula is C17H21NOS. The number of carbonyl (C=O) groups is 1. The topological polar surface area (TPSA) is 20.3 Å². The third-order valence-electron chi connectivity index (χ3n) is 3.70. The first-order valence-corrected chi connectivity index (χ1v) is 7.71. The minimum absolute atomic E-state index is 0.192. The molecule has 0 fully saturated rings. The highest BCUT2D eigenvalue weighted by atomic mass is 32.1. The summed E-state index contributed by atoms with van der Waals surface area (Å²) in [6, 6.07) is 10.5. The Labute approximate surface area is 125 Å². The van der Waals surface area contributed by atoms with Crippen LogP contribution in [0.15, 0.2) is 35.7 Å². The zero-order valence-corrected chi connectivity index (χ0v) is 13.3. The Kier molecular flexibility index (Phi) is 4.73. The third-order valence-corrected chi connectivity index (χ3v) is 4.75. The van der Waals surface area contributed by atoms with Gasteiger partial charge in [-0.1, -0.05) is 23.8 Å². The number of nitrogens with zero attached hydrogens (tertiary/aromatic N) is 1. The van der Waals surface area contributed by atoms with Gasteiger partial charge in [0.1, 0.15) is 0 Å². The number of Topliss-reactive ketones (excluding diaryl/α,β-unsaturated/α-hetero) is 1. The predicted octanol–water partition coefficient (Wildman–Crippen LogP) is 4.24. The van der Waals surface area contributed by atoms with E-state index in [9.17, 15) is 4.79 Å². The monoisotopic (exact) mass is 287 g/mol. The van der Waals surface area contributed by atoms with Crippen molar-refractivity contribution in [1.82, 2.24) is 4.90 Å². The largest absolute Gasteiger partial charge is 0.293 e. The Morgan fingerprint density at radius 2 is 2.05 bits per heavy atom. The molecule has 2 aromatic rings. The molecule has 1 aromatic heterocycles. The molecule has 0 N–H and O–H groups in total. The lowest BCUT2D eigenvalue weighted by Gasteiger charge is -2.23. The van der Waals surface area contributed by atoms with Gasteiger partial charge in [0, 0.05) is 16.5 Å². The number of ketones is 1. The van der Waals surface area contributed by atoms with Crippen molar-refractivity contribution in [2.24, 2.45) is 0 Å². The summed E-state index contributed by atoms with van der Waals surface area (Å²) in [4.78, 5) is 15.9. The number of carbonyl (C=O) groups excluding carboxylic acids is 1. The molecule has 0 spiro atoms. The average molecular weight is 287 g/mol. The summed E-state index contributed by atoms with van der Waals surface area (Å²) >= 11 is 1.73. The van der Waals surface area contributed by atoms with Gasteiger partial charge in [-0.05, 0) is 50.9 Å². The van der Waals surface area contributed by atoms with Crippen molar-refractivity contribution in [1.29, 1.82) is 0 Å². The second-order valence-corrected chi connectivity index (χ2v) is 6.33. The van der Waals surface area contributed by atoms with E-state index in [0.717, 1.165) is 16.7 Å². The Morgan fingerprint density at radius 3 is 2.70 bits per heavy atom. The zero-order chi connectivity index (χ0) is 14.7. The van der Waals surface area contributed by atoms with Crippen molar-refractivity contribution >= 4 is 17.1 Å². The standard InChI is InChI=1S/C17H21NOS/c1-12-7-8-13(2)15(10-12)16(19)11-18(4)14(3)17-6-5-9-20-17/h5-10,14H,11H2,1-4H3. The Hall–Kier alpha value is -1.45. The number of hydrogen-bond donors (Lipinski definition) is 0. The van der Waals surface area contributed by atoms with E-state index < -0.39 is 0 Å². The SMILES string of the molecule is Cc1ccc(C)c(C(=O)CN(C)C(C)c2cccs2)c1. The molecule has 1 heterocycles. The van der Waals surface area contributed by atoms with Crippen molar-refractivity contribution < 1.29 is 4.79 Å². The van der Waals surface area contributed by atoms with E-state index in [4.69, 9.17) is 0 Å². The van der Waals surface area contributed by atoms with Crippen molar-refractivity contribution in [2.75, 3.05) is 13.6 Å². The lowest BCUT2D eigenvalue weighted by Crippen LogP contribution is -2.28. The fourth-order valence-corrected chi connectivity index (χ4v) is 3.08. The van der Waals surface area contributed by atoms with Gasteiger partial charge in [-0.25, -0.2) is 0 Å². The van der Waals surface area contributed by atoms with Crippen LogP contribution in [0.5, 0.6) is 0 Å². The summed E-state index contributed by atoms with van der Waals surface area (Å²) in [6.45, 7) is 6.61. The maximum absolute atomic E-state index is 12.5. The Morgan fingerprint density at radius 1 is 1.30 bits per heavy atom. The smallest absolute Gasteiger partial charge is 0.177 e. The zero-order valence-electron chi connectivity index (χ0n) is 12.5. The van der Waals surface area contributed by atoms with Crippen LogP contribution in [0, 0.1) is 13.8 Å². The van der Waals surface area contributed by atoms with Crippen LogP contribution in [-0.4, -0.2) is 24.3 Å². The van der Waals surface area contributed by atoms with Crippen LogP contribution in [-0.2, 0) is 0 Å². The van der Waals surface area contributed by atoms with Gasteiger partial charge < -0.3 is 0 Å². The first kappa shape index (κ1) is 14.9. The minimum Gasteiger partial charge on any atom is -0.293 e. The molecule has 1 atom stereocenters. The normalized spacial score (nSPS) is 12.7. The summed E-state index contributed by atoms with van der Waals surface area (Å²) in [5.41, 5.74) is 3.03. The molecule has 0 aliphatic heterocycles. The van der Waals surface area contributed by atoms with Crippen molar-refractivity contribution in [3.8, 4) is 0 Å². The fraction of sp³-hybridized carbons (Fsp3) is 0.353. The van der Waals surface area contributed by atoms with Crippen LogP contribution >= 0.6 is 11.3 Å². The van der Waals surface area contributed by atoms with Crippen LogP contribution in [0.1, 0.15) is 39.3 Å². The van der Waals surface area contributed by atoms with E-state index in [0.29, 0.717) is 6.54 Å². The maximum atomic E-state index is 12.5. The lowest BCUT2D eigenvalue weighted by molar-refractivity contribution is 0.0925. The Balaban J connectivity index is 2.09. The fourth-order valence-electron chi connectivity index (χ4n) is 2.23. The van der Waals surface area contributed by atoms with E-state index in [1.807, 2.05) is 39.1 Å². The first-order valence-electron chi connectivity index (χ1n) is 6.83. The highest BCUT2D eigenvalue weighted by Gasteiger charge is 2.17. The summed E-state index contributed by atoms with van der Waals surface area (Å²) < 4.78 is 0. The predicted molar refractivity (Wildman–Crippen MR) is 85.6 cm³/mol. The highest BCUT2D eigenvalue weighted by Crippen LogP contribution is 2.23. The van der Waals surface area contributed by atoms with Crippen LogP contribution in [0.4, 0.5) is 0 Å². The second-order valence-electron chi connectivity index (χ2n) is 5.35. The van der Waals surface area contributed by atoms with E-state index in [1.54, 1.807) is 11.3 Å². The summed E-state index contributed by atoms with van der Waals surface area (Å²) in [6.07, 6.45) is 0. The molecule has 2 rings (SSSR count). The van der Waals surface area contributed by atoms with E-state index >= 15 is 0 Å². The van der Waals surface area contributed by atoms with Gasteiger partial charge in [-0.15, -0.1) is 11.3 Å². The molecule has 0 saturated carbocycles. The molecule has 0 aliphatic carbocycles. The molecule has 1 unspecified atom stereocenters. The highest BCUT2D eigenvalue weighted by molar-refractivity contribution is 7.10. The van der Waals surface area contributed by atoms with E-state index in [-0.39, 0.29) is 11.8 Å². The minimum atomic E-state index is 0.192. The molecule has 0 aliphatic rings. The van der Waals surface area contributed by atoms with Gasteiger partial charge in [0.2, 0.25) is 0 Å². The summed E-state index contributed by atoms with van der Waals surface area (Å²) in [7, 11) is 2.01. The third kappa shape index (κ3) is 3.35. The maximum Gasteiger partial charge on any atom is 0.177 e. The van der Waals surface area contributed by atoms with Gasteiger partial charge >= 0.3 is 0 Å². The molecule has 0 radical (unpaired) electrons. The second kappa shape index (κ2) is 6.33. The quantitative estimate of drug-likeness (QED) is 0.767. The van der Waals surface area contributed by atoms with Crippen LogP contribution < -0.4 is 0 Å². The molecule has 20 heavy (non-hydrogen) atoms. The van der Waals surface area contributed by atoms with Crippen molar-refractivity contribution in [2.45, 2.75) is 26.8 Å². The molecule has 1 aromatic carbocycles. The van der Waals surface area contributed by atoms with Gasteiger partial charge in [0.05, 0.1) is 6.54 Å². The van der Waals surface area contributed by atoms with Crippen LogP contribution in [0.3, 0.4) is 0 Å². The van der Waals surface area contributed by atoms with Gasteiger partial charge in [0.25, 0.3) is 0 Å². The molecule has 2 nitrogen and oxygen atoms in total. The number of benzene rings is 1. The molecule has 0 saturated heterocycles. The van der Waals surface area contributed by atoms with Crippen molar-refractivity contribution in [3.05, 3.63) is 57.3 Å². The van der Waals surface area contributed by atoms with Gasteiger partial charge in [-0.2, -0.15) is 0 Å². The van der Waals surface area contributed by atoms with E-state index in [1.165, 1.54) is 4.88 Å². The molecule has 106 valence electrons. The lowest BCUT2D eigenvalue weighted by atomic mass is 10.0. The molecular weight excluding hydrogens is 266 g/mol. The average Bonchev–Trinajstić information content (AvgIpc) is 2.94. The first-order chi connectivity index (χ1) is 9.49. The Bertz CT molecular complexity index is 589. The van der Waals surface area contributed by atoms with Crippen molar-refractivity contribution in [3.63, 3.8) is 0 Å². The number of rotatable bonds is 5. The van der Waals surface area contributed by atoms with Gasteiger partial charge in [0.15, 0.2) is 5.78 Å².